The van der Waals surface area contributed by atoms with E-state index in [0.29, 0.717) is 0 Å². The van der Waals surface area contributed by atoms with Crippen LogP contribution < -0.4 is 0 Å². The highest BCUT2D eigenvalue weighted by molar-refractivity contribution is 7.80. The lowest BCUT2D eigenvalue weighted by Gasteiger charge is -2.00. The van der Waals surface area contributed by atoms with Crippen molar-refractivity contribution in [1.82, 2.24) is 9.55 Å². The molecule has 0 bridgehead atoms. The van der Waals surface area contributed by atoms with Crippen molar-refractivity contribution in [3.8, 4) is 5.69 Å². The van der Waals surface area contributed by atoms with Gasteiger partial charge in [0.1, 0.15) is 0 Å². The number of thiol groups is 1. The SMILES string of the molecule is Sc1ccc(-n2ccnc2)cc1. The van der Waals surface area contributed by atoms with Crippen LogP contribution >= 0.6 is 12.6 Å². The minimum atomic E-state index is 0.971. The van der Waals surface area contributed by atoms with Crippen LogP contribution in [-0.4, -0.2) is 9.55 Å². The van der Waals surface area contributed by atoms with Crippen molar-refractivity contribution in [3.05, 3.63) is 43.0 Å². The average molecular weight is 176 g/mol. The molecule has 60 valence electrons. The van der Waals surface area contributed by atoms with Crippen LogP contribution in [0.5, 0.6) is 0 Å². The molecule has 0 fully saturated rings. The molecule has 0 aliphatic carbocycles. The smallest absolute Gasteiger partial charge is 0.0991 e. The molecule has 0 spiro atoms. The largest absolute Gasteiger partial charge is 0.306 e. The molecule has 0 radical (unpaired) electrons. The summed E-state index contributed by atoms with van der Waals surface area (Å²) in [6.45, 7) is 0. The number of nitrogens with zero attached hydrogens (tertiary/aromatic N) is 2. The van der Waals surface area contributed by atoms with Gasteiger partial charge in [-0.1, -0.05) is 0 Å². The summed E-state index contributed by atoms with van der Waals surface area (Å²) in [5.41, 5.74) is 1.10. The minimum Gasteiger partial charge on any atom is -0.306 e. The summed E-state index contributed by atoms with van der Waals surface area (Å²) in [5, 5.41) is 0. The van der Waals surface area contributed by atoms with Crippen molar-refractivity contribution in [3.63, 3.8) is 0 Å². The first-order valence-corrected chi connectivity index (χ1v) is 4.08. The zero-order chi connectivity index (χ0) is 8.39. The summed E-state index contributed by atoms with van der Waals surface area (Å²) >= 11 is 4.20. The fourth-order valence-electron chi connectivity index (χ4n) is 1.04. The van der Waals surface area contributed by atoms with Gasteiger partial charge in [0.2, 0.25) is 0 Å². The highest BCUT2D eigenvalue weighted by atomic mass is 32.1. The Hall–Kier alpha value is -1.22. The summed E-state index contributed by atoms with van der Waals surface area (Å²) in [6.07, 6.45) is 5.44. The van der Waals surface area contributed by atoms with E-state index in [1.165, 1.54) is 0 Å². The van der Waals surface area contributed by atoms with Gasteiger partial charge in [0.15, 0.2) is 0 Å². The number of hydrogen-bond donors (Lipinski definition) is 1. The van der Waals surface area contributed by atoms with Gasteiger partial charge in [-0.25, -0.2) is 4.98 Å². The molecular formula is C9H8N2S. The fourth-order valence-corrected chi connectivity index (χ4v) is 1.19. The lowest BCUT2D eigenvalue weighted by atomic mass is 10.3. The monoisotopic (exact) mass is 176 g/mol. The van der Waals surface area contributed by atoms with E-state index < -0.39 is 0 Å². The van der Waals surface area contributed by atoms with Crippen LogP contribution in [0.3, 0.4) is 0 Å². The van der Waals surface area contributed by atoms with Gasteiger partial charge in [-0.15, -0.1) is 12.6 Å². The van der Waals surface area contributed by atoms with Crippen LogP contribution in [0.25, 0.3) is 5.69 Å². The highest BCUT2D eigenvalue weighted by Crippen LogP contribution is 2.10. The molecule has 0 saturated carbocycles. The van der Waals surface area contributed by atoms with Gasteiger partial charge in [0.25, 0.3) is 0 Å². The second kappa shape index (κ2) is 3.03. The quantitative estimate of drug-likeness (QED) is 0.659. The molecule has 1 heterocycles. The van der Waals surface area contributed by atoms with Crippen molar-refractivity contribution in [2.24, 2.45) is 0 Å². The third-order valence-electron chi connectivity index (χ3n) is 1.65. The number of imidazole rings is 1. The van der Waals surface area contributed by atoms with E-state index in [-0.39, 0.29) is 0 Å². The van der Waals surface area contributed by atoms with Gasteiger partial charge in [-0.3, -0.25) is 0 Å². The number of hydrogen-bond acceptors (Lipinski definition) is 2. The fraction of sp³-hybridized carbons (Fsp3) is 0. The first kappa shape index (κ1) is 7.43. The molecule has 0 N–H and O–H groups in total. The Balaban J connectivity index is 2.43. The van der Waals surface area contributed by atoms with Crippen molar-refractivity contribution >= 4 is 12.6 Å². The lowest BCUT2D eigenvalue weighted by molar-refractivity contribution is 1.05. The van der Waals surface area contributed by atoms with Gasteiger partial charge in [0, 0.05) is 23.0 Å². The Morgan fingerprint density at radius 3 is 2.50 bits per heavy atom. The molecular weight excluding hydrogens is 168 g/mol. The van der Waals surface area contributed by atoms with Crippen LogP contribution in [0.1, 0.15) is 0 Å². The van der Waals surface area contributed by atoms with Crippen LogP contribution in [-0.2, 0) is 0 Å². The van der Waals surface area contributed by atoms with E-state index >= 15 is 0 Å². The maximum Gasteiger partial charge on any atom is 0.0991 e. The van der Waals surface area contributed by atoms with E-state index in [0.717, 1.165) is 10.6 Å². The zero-order valence-electron chi connectivity index (χ0n) is 6.38. The number of aromatic nitrogens is 2. The number of benzene rings is 1. The highest BCUT2D eigenvalue weighted by Gasteiger charge is 1.92. The van der Waals surface area contributed by atoms with Gasteiger partial charge < -0.3 is 4.57 Å². The van der Waals surface area contributed by atoms with Crippen LogP contribution in [0.2, 0.25) is 0 Å². The molecule has 0 unspecified atom stereocenters. The Bertz CT molecular complexity index is 351. The topological polar surface area (TPSA) is 17.8 Å². The predicted molar refractivity (Wildman–Crippen MR) is 50.8 cm³/mol. The Morgan fingerprint density at radius 1 is 1.17 bits per heavy atom. The molecule has 0 saturated heterocycles. The summed E-state index contributed by atoms with van der Waals surface area (Å²) in [5.74, 6) is 0. The normalized spacial score (nSPS) is 10.1. The first-order chi connectivity index (χ1) is 5.86. The van der Waals surface area contributed by atoms with Crippen molar-refractivity contribution < 1.29 is 0 Å². The second-order valence-corrected chi connectivity index (χ2v) is 3.00. The molecule has 1 aromatic carbocycles. The van der Waals surface area contributed by atoms with Crippen LogP contribution in [0.15, 0.2) is 47.9 Å². The molecule has 0 amide bonds. The van der Waals surface area contributed by atoms with E-state index in [4.69, 9.17) is 0 Å². The summed E-state index contributed by atoms with van der Waals surface area (Å²) in [7, 11) is 0. The van der Waals surface area contributed by atoms with Crippen LogP contribution in [0.4, 0.5) is 0 Å². The van der Waals surface area contributed by atoms with Gasteiger partial charge in [-0.05, 0) is 24.3 Å². The second-order valence-electron chi connectivity index (χ2n) is 2.49. The van der Waals surface area contributed by atoms with Crippen LogP contribution in [0, 0.1) is 0 Å². The Kier molecular flexibility index (Phi) is 1.87. The van der Waals surface area contributed by atoms with E-state index in [1.54, 1.807) is 12.5 Å². The van der Waals surface area contributed by atoms with Crippen molar-refractivity contribution in [1.29, 1.82) is 0 Å². The molecule has 0 aliphatic heterocycles. The lowest BCUT2D eigenvalue weighted by Crippen LogP contribution is -1.87. The molecule has 2 aromatic rings. The predicted octanol–water partition coefficient (Wildman–Crippen LogP) is 2.16. The van der Waals surface area contributed by atoms with E-state index in [1.807, 2.05) is 35.0 Å². The summed E-state index contributed by atoms with van der Waals surface area (Å²) in [4.78, 5) is 4.94. The average Bonchev–Trinajstić information content (AvgIpc) is 2.58. The maximum absolute atomic E-state index is 4.20. The van der Waals surface area contributed by atoms with Gasteiger partial charge in [-0.2, -0.15) is 0 Å². The molecule has 0 atom stereocenters. The zero-order valence-corrected chi connectivity index (χ0v) is 7.28. The third kappa shape index (κ3) is 1.36. The van der Waals surface area contributed by atoms with E-state index in [9.17, 15) is 0 Å². The molecule has 2 nitrogen and oxygen atoms in total. The van der Waals surface area contributed by atoms with Crippen molar-refractivity contribution in [2.75, 3.05) is 0 Å². The van der Waals surface area contributed by atoms with Crippen molar-refractivity contribution in [2.45, 2.75) is 4.90 Å². The molecule has 1 aromatic heterocycles. The minimum absolute atomic E-state index is 0.971. The molecule has 12 heavy (non-hydrogen) atoms. The van der Waals surface area contributed by atoms with Gasteiger partial charge in [0.05, 0.1) is 6.33 Å². The summed E-state index contributed by atoms with van der Waals surface area (Å²) in [6, 6.07) is 7.92. The van der Waals surface area contributed by atoms with Gasteiger partial charge >= 0.3 is 0 Å². The molecule has 2 rings (SSSR count). The maximum atomic E-state index is 4.20. The molecule has 0 aliphatic rings. The van der Waals surface area contributed by atoms with E-state index in [2.05, 4.69) is 17.6 Å². The standard InChI is InChI=1S/C9H8N2S/c12-9-3-1-8(2-4-9)11-6-5-10-7-11/h1-7,12H. The summed E-state index contributed by atoms with van der Waals surface area (Å²) < 4.78 is 1.95. The Morgan fingerprint density at radius 2 is 1.92 bits per heavy atom. The molecule has 3 heteroatoms. The number of rotatable bonds is 1. The third-order valence-corrected chi connectivity index (χ3v) is 1.95. The Labute approximate surface area is 76.3 Å². The first-order valence-electron chi connectivity index (χ1n) is 3.63.